The van der Waals surface area contributed by atoms with Gasteiger partial charge in [-0.2, -0.15) is 0 Å². The number of rotatable bonds is 0. The van der Waals surface area contributed by atoms with Crippen LogP contribution < -0.4 is 22.3 Å². The number of hydrogen-bond donors (Lipinski definition) is 4. The van der Waals surface area contributed by atoms with Crippen molar-refractivity contribution in [2.24, 2.45) is 16.9 Å². The normalized spacial score (nSPS) is 39.5. The average Bonchev–Trinajstić information content (AvgIpc) is 2.11. The van der Waals surface area contributed by atoms with Gasteiger partial charge in [-0.05, 0) is 5.41 Å². The first-order chi connectivity index (χ1) is 4.93. The van der Waals surface area contributed by atoms with E-state index in [-0.39, 0.29) is 23.7 Å². The van der Waals surface area contributed by atoms with Gasteiger partial charge in [0, 0.05) is 6.04 Å². The fourth-order valence-electron chi connectivity index (χ4n) is 1.38. The van der Waals surface area contributed by atoms with Gasteiger partial charge < -0.3 is 11.5 Å². The average molecular weight is 158 g/mol. The largest absolute Gasteiger partial charge is 0.324 e. The third-order valence-electron chi connectivity index (χ3n) is 2.14. The van der Waals surface area contributed by atoms with Crippen LogP contribution in [0.25, 0.3) is 0 Å². The zero-order valence-corrected chi connectivity index (χ0v) is 7.39. The molecule has 3 atom stereocenters. The molecule has 0 amide bonds. The molecule has 66 valence electrons. The molecule has 1 saturated heterocycles. The maximum Gasteiger partial charge on any atom is 0.0848 e. The molecule has 0 aliphatic carbocycles. The molecule has 1 fully saturated rings. The van der Waals surface area contributed by atoms with Gasteiger partial charge in [-0.25, -0.2) is 5.43 Å². The van der Waals surface area contributed by atoms with Crippen LogP contribution in [0.5, 0.6) is 0 Å². The Hall–Kier alpha value is -0.160. The Kier molecular flexibility index (Phi) is 2.20. The Morgan fingerprint density at radius 3 is 1.82 bits per heavy atom. The van der Waals surface area contributed by atoms with E-state index in [2.05, 4.69) is 31.6 Å². The zero-order chi connectivity index (χ0) is 8.65. The van der Waals surface area contributed by atoms with Crippen molar-refractivity contribution < 1.29 is 0 Å². The molecule has 11 heavy (non-hydrogen) atoms. The van der Waals surface area contributed by atoms with Crippen molar-refractivity contribution in [1.29, 1.82) is 0 Å². The molecule has 0 radical (unpaired) electrons. The summed E-state index contributed by atoms with van der Waals surface area (Å²) in [7, 11) is 0. The van der Waals surface area contributed by atoms with E-state index in [0.29, 0.717) is 0 Å². The predicted octanol–water partition coefficient (Wildman–Crippen LogP) is -0.879. The molecular weight excluding hydrogens is 140 g/mol. The summed E-state index contributed by atoms with van der Waals surface area (Å²) in [6.45, 7) is 6.43. The van der Waals surface area contributed by atoms with Crippen LogP contribution in [0.2, 0.25) is 0 Å². The Morgan fingerprint density at radius 1 is 1.09 bits per heavy atom. The summed E-state index contributed by atoms with van der Waals surface area (Å²) < 4.78 is 0. The van der Waals surface area contributed by atoms with Gasteiger partial charge in [-0.1, -0.05) is 20.8 Å². The zero-order valence-electron chi connectivity index (χ0n) is 7.39. The third kappa shape index (κ3) is 1.70. The number of nitrogens with one attached hydrogen (secondary N) is 2. The van der Waals surface area contributed by atoms with E-state index in [1.54, 1.807) is 0 Å². The molecule has 0 spiro atoms. The first-order valence-electron chi connectivity index (χ1n) is 3.95. The quantitative estimate of drug-likeness (QED) is 0.369. The summed E-state index contributed by atoms with van der Waals surface area (Å²) >= 11 is 0. The molecule has 1 aliphatic heterocycles. The lowest BCUT2D eigenvalue weighted by atomic mass is 9.83. The SMILES string of the molecule is CC(C)(C)[C@H]1NN[C@@H](N)C1N. The van der Waals surface area contributed by atoms with E-state index in [0.717, 1.165) is 0 Å². The molecule has 4 nitrogen and oxygen atoms in total. The van der Waals surface area contributed by atoms with E-state index in [1.165, 1.54) is 0 Å². The molecule has 0 bridgehead atoms. The van der Waals surface area contributed by atoms with Gasteiger partial charge in [0.1, 0.15) is 0 Å². The molecule has 0 aromatic carbocycles. The lowest BCUT2D eigenvalue weighted by Gasteiger charge is -2.29. The van der Waals surface area contributed by atoms with E-state index < -0.39 is 0 Å². The topological polar surface area (TPSA) is 76.1 Å². The van der Waals surface area contributed by atoms with Crippen molar-refractivity contribution in [2.75, 3.05) is 0 Å². The molecular formula is C7H18N4. The van der Waals surface area contributed by atoms with Crippen molar-refractivity contribution in [2.45, 2.75) is 39.0 Å². The van der Waals surface area contributed by atoms with E-state index in [9.17, 15) is 0 Å². The molecule has 1 rings (SSSR count). The second kappa shape index (κ2) is 2.71. The molecule has 0 aromatic heterocycles. The lowest BCUT2D eigenvalue weighted by molar-refractivity contribution is 0.267. The predicted molar refractivity (Wildman–Crippen MR) is 45.5 cm³/mol. The highest BCUT2D eigenvalue weighted by molar-refractivity contribution is 4.97. The van der Waals surface area contributed by atoms with Crippen molar-refractivity contribution in [1.82, 2.24) is 10.9 Å². The van der Waals surface area contributed by atoms with E-state index in [4.69, 9.17) is 11.5 Å². The molecule has 1 aliphatic rings. The van der Waals surface area contributed by atoms with Gasteiger partial charge in [0.25, 0.3) is 0 Å². The molecule has 1 unspecified atom stereocenters. The first-order valence-corrected chi connectivity index (χ1v) is 3.95. The highest BCUT2D eigenvalue weighted by Crippen LogP contribution is 2.23. The Labute approximate surface area is 67.7 Å². The number of hydrogen-bond acceptors (Lipinski definition) is 4. The molecule has 6 N–H and O–H groups in total. The maximum absolute atomic E-state index is 5.86. The third-order valence-corrected chi connectivity index (χ3v) is 2.14. The van der Waals surface area contributed by atoms with Crippen LogP contribution in [-0.4, -0.2) is 18.2 Å². The van der Waals surface area contributed by atoms with Crippen LogP contribution >= 0.6 is 0 Å². The van der Waals surface area contributed by atoms with E-state index in [1.807, 2.05) is 0 Å². The smallest absolute Gasteiger partial charge is 0.0848 e. The minimum atomic E-state index is -0.126. The number of hydrazine groups is 1. The lowest BCUT2D eigenvalue weighted by Crippen LogP contribution is -2.50. The first kappa shape index (κ1) is 8.93. The van der Waals surface area contributed by atoms with Crippen LogP contribution in [-0.2, 0) is 0 Å². The monoisotopic (exact) mass is 158 g/mol. The molecule has 1 heterocycles. The van der Waals surface area contributed by atoms with Gasteiger partial charge >= 0.3 is 0 Å². The highest BCUT2D eigenvalue weighted by Gasteiger charge is 2.37. The van der Waals surface area contributed by atoms with Gasteiger partial charge in [0.05, 0.1) is 12.2 Å². The van der Waals surface area contributed by atoms with Gasteiger partial charge in [-0.3, -0.25) is 5.43 Å². The second-order valence-electron chi connectivity index (χ2n) is 4.24. The molecule has 0 saturated carbocycles. The van der Waals surface area contributed by atoms with Crippen molar-refractivity contribution >= 4 is 0 Å². The van der Waals surface area contributed by atoms with Gasteiger partial charge in [-0.15, -0.1) is 0 Å². The van der Waals surface area contributed by atoms with Crippen molar-refractivity contribution in [3.05, 3.63) is 0 Å². The van der Waals surface area contributed by atoms with Crippen LogP contribution in [0.3, 0.4) is 0 Å². The minimum Gasteiger partial charge on any atom is -0.324 e. The maximum atomic E-state index is 5.86. The van der Waals surface area contributed by atoms with Crippen molar-refractivity contribution in [3.8, 4) is 0 Å². The van der Waals surface area contributed by atoms with E-state index >= 15 is 0 Å². The Balaban J connectivity index is 2.62. The Bertz CT molecular complexity index is 140. The summed E-state index contributed by atoms with van der Waals surface area (Å²) in [6, 6.07) is 0.243. The van der Waals surface area contributed by atoms with Crippen LogP contribution in [0.4, 0.5) is 0 Å². The summed E-state index contributed by atoms with van der Waals surface area (Å²) in [5.74, 6) is 0. The van der Waals surface area contributed by atoms with Crippen LogP contribution in [0.15, 0.2) is 0 Å². The van der Waals surface area contributed by atoms with Gasteiger partial charge in [0.15, 0.2) is 0 Å². The standard InChI is InChI=1S/C7H18N4/c1-7(2,3)5-4(8)6(9)11-10-5/h4-6,10-11H,8-9H2,1-3H3/t4?,5-,6+/m0/s1. The van der Waals surface area contributed by atoms with Crippen LogP contribution in [0.1, 0.15) is 20.8 Å². The summed E-state index contributed by atoms with van der Waals surface area (Å²) in [5.41, 5.74) is 17.7. The fraction of sp³-hybridized carbons (Fsp3) is 1.00. The van der Waals surface area contributed by atoms with Gasteiger partial charge in [0.2, 0.25) is 0 Å². The summed E-state index contributed by atoms with van der Waals surface area (Å²) in [4.78, 5) is 0. The fourth-order valence-corrected chi connectivity index (χ4v) is 1.38. The second-order valence-corrected chi connectivity index (χ2v) is 4.24. The number of nitrogens with two attached hydrogens (primary N) is 2. The van der Waals surface area contributed by atoms with Crippen LogP contribution in [0, 0.1) is 5.41 Å². The minimum absolute atomic E-state index is 0.00463. The summed E-state index contributed by atoms with van der Waals surface area (Å²) in [5, 5.41) is 0. The molecule has 0 aromatic rings. The van der Waals surface area contributed by atoms with Crippen molar-refractivity contribution in [3.63, 3.8) is 0 Å². The molecule has 4 heteroatoms. The highest BCUT2D eigenvalue weighted by atomic mass is 15.5. The Morgan fingerprint density at radius 2 is 1.64 bits per heavy atom. The summed E-state index contributed by atoms with van der Waals surface area (Å²) in [6.07, 6.45) is -0.126.